The molecule has 0 spiro atoms. The summed E-state index contributed by atoms with van der Waals surface area (Å²) in [5, 5.41) is 0. The molecule has 1 heterocycles. The maximum absolute atomic E-state index is 12.7. The van der Waals surface area contributed by atoms with Crippen LogP contribution in [0.15, 0.2) is 23.1 Å². The van der Waals surface area contributed by atoms with Gasteiger partial charge in [-0.2, -0.15) is 4.31 Å². The zero-order chi connectivity index (χ0) is 15.5. The summed E-state index contributed by atoms with van der Waals surface area (Å²) in [6.07, 6.45) is 2.33. The summed E-state index contributed by atoms with van der Waals surface area (Å²) in [6, 6.07) is 5.26. The minimum Gasteiger partial charge on any atom is -0.381 e. The van der Waals surface area contributed by atoms with Crippen molar-refractivity contribution in [1.82, 2.24) is 4.31 Å². The van der Waals surface area contributed by atoms with Crippen molar-refractivity contribution in [2.24, 2.45) is 0 Å². The van der Waals surface area contributed by atoms with Crippen molar-refractivity contribution in [3.8, 4) is 0 Å². The van der Waals surface area contributed by atoms with Crippen LogP contribution in [0.1, 0.15) is 30.9 Å². The maximum atomic E-state index is 12.7. The molecule has 1 aliphatic heterocycles. The number of benzene rings is 1. The highest BCUT2D eigenvalue weighted by atomic mass is 35.5. The molecule has 0 atom stereocenters. The molecular weight excluding hydrogens is 310 g/mol. The SMILES string of the molecule is CCc1ccc(S(=O)(=O)N(C)C2CCOCC2)cc1CCl. The minimum atomic E-state index is -3.48. The molecule has 1 aromatic carbocycles. The van der Waals surface area contributed by atoms with Gasteiger partial charge in [-0.05, 0) is 42.5 Å². The van der Waals surface area contributed by atoms with Crippen LogP contribution in [0.5, 0.6) is 0 Å². The zero-order valence-corrected chi connectivity index (χ0v) is 14.1. The number of rotatable bonds is 5. The Labute approximate surface area is 132 Å². The van der Waals surface area contributed by atoms with E-state index in [1.54, 1.807) is 19.2 Å². The van der Waals surface area contributed by atoms with Gasteiger partial charge in [0.1, 0.15) is 0 Å². The number of hydrogen-bond donors (Lipinski definition) is 0. The Balaban J connectivity index is 2.30. The molecule has 2 rings (SSSR count). The van der Waals surface area contributed by atoms with Gasteiger partial charge in [-0.1, -0.05) is 13.0 Å². The van der Waals surface area contributed by atoms with Gasteiger partial charge < -0.3 is 4.74 Å². The lowest BCUT2D eigenvalue weighted by atomic mass is 10.1. The molecule has 21 heavy (non-hydrogen) atoms. The highest BCUT2D eigenvalue weighted by Crippen LogP contribution is 2.24. The molecule has 118 valence electrons. The molecule has 0 aliphatic carbocycles. The molecule has 1 fully saturated rings. The van der Waals surface area contributed by atoms with Crippen LogP contribution in [-0.2, 0) is 27.1 Å². The number of hydrogen-bond acceptors (Lipinski definition) is 3. The van der Waals surface area contributed by atoms with Gasteiger partial charge in [0.15, 0.2) is 0 Å². The molecule has 0 aromatic heterocycles. The summed E-state index contributed by atoms with van der Waals surface area (Å²) < 4.78 is 32.3. The minimum absolute atomic E-state index is 0.00838. The second-order valence-electron chi connectivity index (χ2n) is 5.28. The van der Waals surface area contributed by atoms with E-state index < -0.39 is 10.0 Å². The average molecular weight is 332 g/mol. The average Bonchev–Trinajstić information content (AvgIpc) is 2.54. The van der Waals surface area contributed by atoms with Gasteiger partial charge >= 0.3 is 0 Å². The molecule has 0 N–H and O–H groups in total. The molecule has 1 aromatic rings. The second kappa shape index (κ2) is 7.09. The lowest BCUT2D eigenvalue weighted by Gasteiger charge is -2.30. The van der Waals surface area contributed by atoms with Crippen LogP contribution in [0.25, 0.3) is 0 Å². The first-order valence-corrected chi connectivity index (χ1v) is 9.21. The first kappa shape index (κ1) is 16.7. The van der Waals surface area contributed by atoms with Crippen LogP contribution in [0.3, 0.4) is 0 Å². The van der Waals surface area contributed by atoms with Gasteiger partial charge in [0.05, 0.1) is 4.90 Å². The summed E-state index contributed by atoms with van der Waals surface area (Å²) in [4.78, 5) is 0.323. The Hall–Kier alpha value is -0.620. The lowest BCUT2D eigenvalue weighted by Crippen LogP contribution is -2.40. The molecule has 0 radical (unpaired) electrons. The maximum Gasteiger partial charge on any atom is 0.243 e. The van der Waals surface area contributed by atoms with E-state index >= 15 is 0 Å². The molecule has 0 saturated carbocycles. The zero-order valence-electron chi connectivity index (χ0n) is 12.5. The molecule has 4 nitrogen and oxygen atoms in total. The van der Waals surface area contributed by atoms with Gasteiger partial charge in [0.25, 0.3) is 0 Å². The van der Waals surface area contributed by atoms with E-state index in [-0.39, 0.29) is 6.04 Å². The van der Waals surface area contributed by atoms with Gasteiger partial charge in [0.2, 0.25) is 10.0 Å². The number of aryl methyl sites for hydroxylation is 1. The van der Waals surface area contributed by atoms with Crippen molar-refractivity contribution in [2.75, 3.05) is 20.3 Å². The predicted octanol–water partition coefficient (Wildman–Crippen LogP) is 2.79. The van der Waals surface area contributed by atoms with Crippen molar-refractivity contribution >= 4 is 21.6 Å². The van der Waals surface area contributed by atoms with E-state index in [2.05, 4.69) is 0 Å². The predicted molar refractivity (Wildman–Crippen MR) is 84.2 cm³/mol. The van der Waals surface area contributed by atoms with Crippen molar-refractivity contribution in [1.29, 1.82) is 0 Å². The number of sulfonamides is 1. The molecular formula is C15H22ClNO3S. The van der Waals surface area contributed by atoms with Crippen molar-refractivity contribution in [2.45, 2.75) is 43.0 Å². The number of ether oxygens (including phenoxy) is 1. The number of nitrogens with zero attached hydrogens (tertiary/aromatic N) is 1. The molecule has 0 bridgehead atoms. The van der Waals surface area contributed by atoms with E-state index in [0.29, 0.717) is 24.0 Å². The van der Waals surface area contributed by atoms with Gasteiger partial charge in [-0.3, -0.25) is 0 Å². The largest absolute Gasteiger partial charge is 0.381 e. The van der Waals surface area contributed by atoms with E-state index in [1.165, 1.54) is 4.31 Å². The fourth-order valence-electron chi connectivity index (χ4n) is 2.64. The second-order valence-corrected chi connectivity index (χ2v) is 7.55. The van der Waals surface area contributed by atoms with Crippen molar-refractivity contribution in [3.63, 3.8) is 0 Å². The third kappa shape index (κ3) is 3.59. The Morgan fingerprint density at radius 3 is 2.52 bits per heavy atom. The Morgan fingerprint density at radius 1 is 1.29 bits per heavy atom. The van der Waals surface area contributed by atoms with E-state index in [4.69, 9.17) is 16.3 Å². The van der Waals surface area contributed by atoms with E-state index in [9.17, 15) is 8.42 Å². The molecule has 1 saturated heterocycles. The molecule has 1 aliphatic rings. The van der Waals surface area contributed by atoms with Crippen LogP contribution >= 0.6 is 11.6 Å². The fraction of sp³-hybridized carbons (Fsp3) is 0.600. The monoisotopic (exact) mass is 331 g/mol. The Bertz CT molecular complexity index is 583. The molecule has 6 heteroatoms. The molecule has 0 amide bonds. The van der Waals surface area contributed by atoms with Crippen LogP contribution in [0, 0.1) is 0 Å². The van der Waals surface area contributed by atoms with Gasteiger partial charge in [-0.15, -0.1) is 11.6 Å². The number of alkyl halides is 1. The normalized spacial score (nSPS) is 17.3. The first-order valence-electron chi connectivity index (χ1n) is 7.24. The summed E-state index contributed by atoms with van der Waals surface area (Å²) in [5.74, 6) is 0.327. The summed E-state index contributed by atoms with van der Waals surface area (Å²) >= 11 is 5.94. The summed E-state index contributed by atoms with van der Waals surface area (Å²) in [7, 11) is -1.82. The van der Waals surface area contributed by atoms with E-state index in [0.717, 1.165) is 30.4 Å². The van der Waals surface area contributed by atoms with Gasteiger partial charge in [0, 0.05) is 32.2 Å². The highest BCUT2D eigenvalue weighted by molar-refractivity contribution is 7.89. The van der Waals surface area contributed by atoms with E-state index in [1.807, 2.05) is 13.0 Å². The Kier molecular flexibility index (Phi) is 5.66. The van der Waals surface area contributed by atoms with Crippen LogP contribution in [0.4, 0.5) is 0 Å². The van der Waals surface area contributed by atoms with Crippen LogP contribution in [-0.4, -0.2) is 39.0 Å². The van der Waals surface area contributed by atoms with Gasteiger partial charge in [-0.25, -0.2) is 8.42 Å². The first-order chi connectivity index (χ1) is 10.0. The standard InChI is InChI=1S/C15H22ClNO3S/c1-3-12-4-5-15(10-13(12)11-16)21(18,19)17(2)14-6-8-20-9-7-14/h4-5,10,14H,3,6-9,11H2,1-2H3. The van der Waals surface area contributed by atoms with Crippen LogP contribution < -0.4 is 0 Å². The highest BCUT2D eigenvalue weighted by Gasteiger charge is 2.29. The topological polar surface area (TPSA) is 46.6 Å². The van der Waals surface area contributed by atoms with Crippen molar-refractivity contribution < 1.29 is 13.2 Å². The lowest BCUT2D eigenvalue weighted by molar-refractivity contribution is 0.0632. The summed E-state index contributed by atoms with van der Waals surface area (Å²) in [6.45, 7) is 3.27. The Morgan fingerprint density at radius 2 is 1.95 bits per heavy atom. The molecule has 0 unspecified atom stereocenters. The fourth-order valence-corrected chi connectivity index (χ4v) is 4.36. The third-order valence-electron chi connectivity index (χ3n) is 4.08. The number of halogens is 1. The third-order valence-corrected chi connectivity index (χ3v) is 6.28. The summed E-state index contributed by atoms with van der Waals surface area (Å²) in [5.41, 5.74) is 1.98. The van der Waals surface area contributed by atoms with Crippen molar-refractivity contribution in [3.05, 3.63) is 29.3 Å². The van der Waals surface area contributed by atoms with Crippen LogP contribution in [0.2, 0.25) is 0 Å². The quantitative estimate of drug-likeness (QED) is 0.779. The smallest absolute Gasteiger partial charge is 0.243 e.